The number of rotatable bonds is 4. The predicted molar refractivity (Wildman–Crippen MR) is 93.5 cm³/mol. The molecule has 1 unspecified atom stereocenters. The second-order valence-electron chi connectivity index (χ2n) is 5.55. The van der Waals surface area contributed by atoms with Gasteiger partial charge in [-0.15, -0.1) is 10.2 Å². The lowest BCUT2D eigenvalue weighted by molar-refractivity contribution is -0.124. The Balaban J connectivity index is 1.74. The summed E-state index contributed by atoms with van der Waals surface area (Å²) in [7, 11) is 0. The summed E-state index contributed by atoms with van der Waals surface area (Å²) in [6, 6.07) is 15.0. The van der Waals surface area contributed by atoms with Crippen LogP contribution in [0.25, 0.3) is 10.8 Å². The number of H-pyrrole nitrogens is 1. The smallest absolute Gasteiger partial charge is 0.304 e. The number of amides is 1. The van der Waals surface area contributed by atoms with Gasteiger partial charge in [-0.2, -0.15) is 0 Å². The van der Waals surface area contributed by atoms with Crippen molar-refractivity contribution in [2.24, 2.45) is 10.2 Å². The van der Waals surface area contributed by atoms with E-state index < -0.39 is 12.0 Å². The van der Waals surface area contributed by atoms with Gasteiger partial charge in [0, 0.05) is 10.8 Å². The normalized spacial score (nSPS) is 12.6. The van der Waals surface area contributed by atoms with Crippen LogP contribution in [-0.2, 0) is 4.79 Å². The van der Waals surface area contributed by atoms with Gasteiger partial charge in [0.25, 0.3) is 0 Å². The van der Waals surface area contributed by atoms with Gasteiger partial charge < -0.3 is 15.5 Å². The van der Waals surface area contributed by atoms with Gasteiger partial charge >= 0.3 is 5.91 Å². The molecule has 0 spiro atoms. The second-order valence-corrected chi connectivity index (χ2v) is 5.55. The zero-order valence-corrected chi connectivity index (χ0v) is 13.5. The molecule has 0 saturated carbocycles. The zero-order chi connectivity index (χ0) is 17.1. The lowest BCUT2D eigenvalue weighted by atomic mass is 10.2. The lowest BCUT2D eigenvalue weighted by Crippen LogP contribution is -2.21. The van der Waals surface area contributed by atoms with Gasteiger partial charge in [0.2, 0.25) is 0 Å². The van der Waals surface area contributed by atoms with Gasteiger partial charge in [-0.3, -0.25) is 4.79 Å². The van der Waals surface area contributed by atoms with Gasteiger partial charge in [-0.1, -0.05) is 36.4 Å². The van der Waals surface area contributed by atoms with Crippen molar-refractivity contribution in [3.05, 3.63) is 54.1 Å². The standard InChI is InChI=1S/C18H18N4O2/c1-11-6-5-7-13(10-11)24-12(2)18(23)22-21-17-15-9-4-3-8-14(15)16(19)20-17/h3-10,12,20H,19H2,1-2H3. The van der Waals surface area contributed by atoms with Crippen LogP contribution in [0.4, 0.5) is 11.6 Å². The van der Waals surface area contributed by atoms with Crippen molar-refractivity contribution < 1.29 is 9.53 Å². The Labute approximate surface area is 139 Å². The van der Waals surface area contributed by atoms with Crippen LogP contribution >= 0.6 is 0 Å². The van der Waals surface area contributed by atoms with Gasteiger partial charge in [0.1, 0.15) is 11.6 Å². The Bertz CT molecular complexity index is 914. The highest BCUT2D eigenvalue weighted by Gasteiger charge is 2.15. The number of aryl methyl sites for hydroxylation is 1. The molecular weight excluding hydrogens is 304 g/mol. The molecule has 3 N–H and O–H groups in total. The molecule has 3 aromatic rings. The molecule has 0 aliphatic rings. The monoisotopic (exact) mass is 322 g/mol. The van der Waals surface area contributed by atoms with Crippen molar-refractivity contribution in [3.8, 4) is 5.75 Å². The minimum Gasteiger partial charge on any atom is -0.481 e. The lowest BCUT2D eigenvalue weighted by Gasteiger charge is -2.10. The maximum atomic E-state index is 12.1. The summed E-state index contributed by atoms with van der Waals surface area (Å²) in [4.78, 5) is 15.0. The van der Waals surface area contributed by atoms with E-state index in [4.69, 9.17) is 10.5 Å². The van der Waals surface area contributed by atoms with Crippen LogP contribution in [0.3, 0.4) is 0 Å². The second kappa shape index (κ2) is 6.54. The summed E-state index contributed by atoms with van der Waals surface area (Å²) >= 11 is 0. The molecule has 0 fully saturated rings. The number of nitrogens with one attached hydrogen (secondary N) is 1. The van der Waals surface area contributed by atoms with E-state index in [-0.39, 0.29) is 0 Å². The largest absolute Gasteiger partial charge is 0.481 e. The van der Waals surface area contributed by atoms with Crippen LogP contribution in [0, 0.1) is 6.92 Å². The van der Waals surface area contributed by atoms with Crippen LogP contribution in [-0.4, -0.2) is 17.0 Å². The molecule has 122 valence electrons. The Morgan fingerprint density at radius 2 is 1.92 bits per heavy atom. The highest BCUT2D eigenvalue weighted by molar-refractivity contribution is 5.99. The first kappa shape index (κ1) is 15.7. The van der Waals surface area contributed by atoms with E-state index in [9.17, 15) is 4.79 Å². The van der Waals surface area contributed by atoms with Gasteiger partial charge in [0.15, 0.2) is 11.9 Å². The fraction of sp³-hybridized carbons (Fsp3) is 0.167. The topological polar surface area (TPSA) is 92.8 Å². The number of carbonyl (C=O) groups is 1. The van der Waals surface area contributed by atoms with Crippen LogP contribution < -0.4 is 10.5 Å². The van der Waals surface area contributed by atoms with E-state index >= 15 is 0 Å². The summed E-state index contributed by atoms with van der Waals surface area (Å²) in [5.41, 5.74) is 6.95. The van der Waals surface area contributed by atoms with E-state index in [1.54, 1.807) is 13.0 Å². The molecule has 6 heteroatoms. The third-order valence-corrected chi connectivity index (χ3v) is 3.62. The number of hydrogen-bond donors (Lipinski definition) is 2. The van der Waals surface area contributed by atoms with Crippen LogP contribution in [0.15, 0.2) is 58.8 Å². The molecule has 0 aliphatic carbocycles. The molecule has 3 rings (SSSR count). The highest BCUT2D eigenvalue weighted by atomic mass is 16.5. The molecule has 1 heterocycles. The average Bonchev–Trinajstić information content (AvgIpc) is 2.89. The SMILES string of the molecule is Cc1cccc(OC(C)C(=O)N=Nc2[nH]c(N)c3ccccc23)c1. The summed E-state index contributed by atoms with van der Waals surface area (Å²) in [5.74, 6) is 1.12. The molecule has 1 aromatic heterocycles. The van der Waals surface area contributed by atoms with Gasteiger partial charge in [-0.25, -0.2) is 0 Å². The Kier molecular flexibility index (Phi) is 4.29. The van der Waals surface area contributed by atoms with E-state index in [1.807, 2.05) is 49.4 Å². The molecule has 0 saturated heterocycles. The minimum absolute atomic E-state index is 0.458. The van der Waals surface area contributed by atoms with E-state index in [2.05, 4.69) is 15.2 Å². The molecule has 2 aromatic carbocycles. The number of carbonyl (C=O) groups excluding carboxylic acids is 1. The number of hydrogen-bond acceptors (Lipinski definition) is 4. The molecule has 1 amide bonds. The van der Waals surface area contributed by atoms with E-state index in [0.717, 1.165) is 16.3 Å². The Morgan fingerprint density at radius 3 is 2.67 bits per heavy atom. The highest BCUT2D eigenvalue weighted by Crippen LogP contribution is 2.30. The number of aromatic nitrogens is 1. The van der Waals surface area contributed by atoms with Crippen molar-refractivity contribution in [2.75, 3.05) is 5.73 Å². The third kappa shape index (κ3) is 3.27. The van der Waals surface area contributed by atoms with Crippen molar-refractivity contribution in [2.45, 2.75) is 20.0 Å². The van der Waals surface area contributed by atoms with Crippen LogP contribution in [0.5, 0.6) is 5.75 Å². The summed E-state index contributed by atoms with van der Waals surface area (Å²) < 4.78 is 5.60. The van der Waals surface area contributed by atoms with E-state index in [1.165, 1.54) is 0 Å². The molecule has 1 atom stereocenters. The molecular formula is C18H18N4O2. The van der Waals surface area contributed by atoms with Gasteiger partial charge in [-0.05, 0) is 31.5 Å². The quantitative estimate of drug-likeness (QED) is 0.707. The van der Waals surface area contributed by atoms with Gasteiger partial charge in [0.05, 0.1) is 0 Å². The number of nitrogen functional groups attached to an aromatic ring is 1. The number of benzene rings is 2. The maximum Gasteiger partial charge on any atom is 0.304 e. The first-order valence-electron chi connectivity index (χ1n) is 7.59. The van der Waals surface area contributed by atoms with Crippen molar-refractivity contribution in [1.82, 2.24) is 4.98 Å². The summed E-state index contributed by atoms with van der Waals surface area (Å²) in [6.07, 6.45) is -0.728. The summed E-state index contributed by atoms with van der Waals surface area (Å²) in [5, 5.41) is 9.41. The molecule has 6 nitrogen and oxygen atoms in total. The number of anilines is 1. The molecule has 0 aliphatic heterocycles. The Hall–Kier alpha value is -3.15. The third-order valence-electron chi connectivity index (χ3n) is 3.62. The molecule has 24 heavy (non-hydrogen) atoms. The van der Waals surface area contributed by atoms with Crippen molar-refractivity contribution in [3.63, 3.8) is 0 Å². The van der Waals surface area contributed by atoms with Crippen LogP contribution in [0.2, 0.25) is 0 Å². The fourth-order valence-electron chi connectivity index (χ4n) is 2.39. The maximum absolute atomic E-state index is 12.1. The number of nitrogens with zero attached hydrogens (tertiary/aromatic N) is 2. The Morgan fingerprint density at radius 1 is 1.17 bits per heavy atom. The molecule has 0 bridgehead atoms. The number of nitrogens with two attached hydrogens (primary N) is 1. The number of fused-ring (bicyclic) bond motifs is 1. The van der Waals surface area contributed by atoms with Crippen LogP contribution in [0.1, 0.15) is 12.5 Å². The zero-order valence-electron chi connectivity index (χ0n) is 13.5. The first-order chi connectivity index (χ1) is 11.5. The summed E-state index contributed by atoms with van der Waals surface area (Å²) in [6.45, 7) is 3.60. The predicted octanol–water partition coefficient (Wildman–Crippen LogP) is 4.14. The fourth-order valence-corrected chi connectivity index (χ4v) is 2.39. The number of aromatic amines is 1. The first-order valence-corrected chi connectivity index (χ1v) is 7.59. The average molecular weight is 322 g/mol. The van der Waals surface area contributed by atoms with E-state index in [0.29, 0.717) is 17.4 Å². The van der Waals surface area contributed by atoms with Crippen molar-refractivity contribution >= 4 is 28.3 Å². The number of ether oxygens (including phenoxy) is 1. The number of azo groups is 1. The van der Waals surface area contributed by atoms with Crippen molar-refractivity contribution in [1.29, 1.82) is 0 Å². The minimum atomic E-state index is -0.728. The molecule has 0 radical (unpaired) electrons.